The van der Waals surface area contributed by atoms with E-state index in [0.717, 1.165) is 31.5 Å². The Morgan fingerprint density at radius 1 is 0.854 bits per heavy atom. The summed E-state index contributed by atoms with van der Waals surface area (Å²) in [5, 5.41) is 26.6. The van der Waals surface area contributed by atoms with Gasteiger partial charge in [0.2, 0.25) is 5.91 Å². The minimum absolute atomic E-state index is 0.174. The van der Waals surface area contributed by atoms with E-state index in [1.807, 2.05) is 54.6 Å². The van der Waals surface area contributed by atoms with Gasteiger partial charge in [-0.25, -0.2) is 14.6 Å². The Labute approximate surface area is 245 Å². The molecule has 0 spiro atoms. The molecule has 3 amide bonds. The molecule has 2 aromatic carbocycles. The summed E-state index contributed by atoms with van der Waals surface area (Å²) in [5.41, 5.74) is 1.75. The molecule has 0 aliphatic carbocycles. The quantitative estimate of drug-likeness (QED) is 0.204. The van der Waals surface area contributed by atoms with Crippen molar-refractivity contribution in [3.63, 3.8) is 0 Å². The Morgan fingerprint density at radius 3 is 1.85 bits per heavy atom. The number of rotatable bonds is 9. The van der Waals surface area contributed by atoms with Crippen LogP contribution in [0.4, 0.5) is 20.4 Å². The summed E-state index contributed by atoms with van der Waals surface area (Å²) in [6, 6.07) is 17.4. The summed E-state index contributed by atoms with van der Waals surface area (Å²) in [6.45, 7) is 11.8. The third-order valence-corrected chi connectivity index (χ3v) is 7.33. The highest BCUT2D eigenvalue weighted by Gasteiger charge is 2.43. The first-order chi connectivity index (χ1) is 19.1. The van der Waals surface area contributed by atoms with Crippen molar-refractivity contribution >= 4 is 40.2 Å². The maximum absolute atomic E-state index is 12.3. The van der Waals surface area contributed by atoms with Gasteiger partial charge in [-0.2, -0.15) is 0 Å². The Hall–Kier alpha value is -4.12. The second-order valence-corrected chi connectivity index (χ2v) is 12.7. The fourth-order valence-electron chi connectivity index (χ4n) is 4.48. The van der Waals surface area contributed by atoms with E-state index >= 15 is 0 Å². The van der Waals surface area contributed by atoms with E-state index in [4.69, 9.17) is 0 Å². The van der Waals surface area contributed by atoms with Gasteiger partial charge >= 0.3 is 12.2 Å². The van der Waals surface area contributed by atoms with Gasteiger partial charge in [0.25, 0.3) is 0 Å². The molecule has 11 heteroatoms. The van der Waals surface area contributed by atoms with Crippen molar-refractivity contribution in [2.24, 2.45) is 0 Å². The summed E-state index contributed by atoms with van der Waals surface area (Å²) in [7, 11) is 0. The zero-order valence-corrected chi connectivity index (χ0v) is 25.4. The van der Waals surface area contributed by atoms with Crippen molar-refractivity contribution in [1.29, 1.82) is 0 Å². The molecule has 3 rings (SSSR count). The maximum Gasteiger partial charge on any atom is 0.410 e. The lowest BCUT2D eigenvalue weighted by Crippen LogP contribution is -2.66. The number of hydrogen-bond acceptors (Lipinski definition) is 6. The molecule has 0 aliphatic heterocycles. The highest BCUT2D eigenvalue weighted by molar-refractivity contribution is 7.19. The Kier molecular flexibility index (Phi) is 9.65. The average Bonchev–Trinajstić information content (AvgIpc) is 3.23. The van der Waals surface area contributed by atoms with Crippen LogP contribution in [0, 0.1) is 0 Å². The predicted octanol–water partition coefficient (Wildman–Crippen LogP) is 6.81. The molecule has 4 N–H and O–H groups in total. The van der Waals surface area contributed by atoms with E-state index < -0.39 is 29.6 Å². The number of amides is 3. The van der Waals surface area contributed by atoms with Crippen LogP contribution in [0.5, 0.6) is 0 Å². The zero-order chi connectivity index (χ0) is 30.5. The fourth-order valence-corrected chi connectivity index (χ4v) is 5.54. The van der Waals surface area contributed by atoms with Crippen LogP contribution in [0.15, 0.2) is 54.6 Å². The first kappa shape index (κ1) is 31.4. The molecule has 1 heterocycles. The molecule has 0 fully saturated rings. The molecule has 1 aromatic heterocycles. The first-order valence-electron chi connectivity index (χ1n) is 13.3. The lowest BCUT2D eigenvalue weighted by atomic mass is 10.0. The second-order valence-electron chi connectivity index (χ2n) is 11.7. The molecule has 41 heavy (non-hydrogen) atoms. The zero-order valence-electron chi connectivity index (χ0n) is 24.6. The number of hydrogen-bond donors (Lipinski definition) is 4. The number of nitrogens with zero attached hydrogens (tertiary/aromatic N) is 3. The highest BCUT2D eigenvalue weighted by atomic mass is 32.1. The van der Waals surface area contributed by atoms with Gasteiger partial charge < -0.3 is 20.8 Å². The fraction of sp³-hybridized carbons (Fsp3) is 0.400. The Balaban J connectivity index is 1.85. The van der Waals surface area contributed by atoms with Crippen LogP contribution in [0.25, 0.3) is 10.4 Å². The Bertz CT molecular complexity index is 1330. The minimum Gasteiger partial charge on any atom is -0.465 e. The topological polar surface area (TPSA) is 135 Å². The number of aromatic nitrogens is 1. The van der Waals surface area contributed by atoms with Crippen LogP contribution in [0.1, 0.15) is 59.7 Å². The van der Waals surface area contributed by atoms with Crippen LogP contribution in [-0.2, 0) is 17.6 Å². The smallest absolute Gasteiger partial charge is 0.410 e. The molecule has 0 radical (unpaired) electrons. The number of carbonyl (C=O) groups excluding carboxylic acids is 1. The van der Waals surface area contributed by atoms with Crippen molar-refractivity contribution in [3.05, 3.63) is 65.9 Å². The van der Waals surface area contributed by atoms with E-state index in [9.17, 15) is 24.6 Å². The van der Waals surface area contributed by atoms with Gasteiger partial charge in [-0.15, -0.1) is 0 Å². The number of aryl methyl sites for hydroxylation is 2. The van der Waals surface area contributed by atoms with Crippen molar-refractivity contribution in [3.8, 4) is 10.4 Å². The van der Waals surface area contributed by atoms with E-state index in [0.29, 0.717) is 23.7 Å². The van der Waals surface area contributed by atoms with Crippen molar-refractivity contribution < 1.29 is 24.6 Å². The van der Waals surface area contributed by atoms with Gasteiger partial charge in [0.1, 0.15) is 0 Å². The summed E-state index contributed by atoms with van der Waals surface area (Å²) < 4.78 is 0. The van der Waals surface area contributed by atoms with Gasteiger partial charge in [0, 0.05) is 23.7 Å². The van der Waals surface area contributed by atoms with Crippen LogP contribution < -0.4 is 10.6 Å². The third-order valence-electron chi connectivity index (χ3n) is 6.26. The number of thiazole rings is 1. The SMILES string of the molecule is CC(=O)Nc1nc(CCc2ccc(NC(N(C(=O)O)C(C)(C)C)N(C(=O)O)C(C)(C)C)cc2)c(-c2ccccc2)s1. The molecule has 3 aromatic rings. The van der Waals surface area contributed by atoms with Gasteiger partial charge in [0.05, 0.1) is 10.6 Å². The number of carboxylic acid groups (broad SMARTS) is 2. The maximum atomic E-state index is 12.3. The van der Waals surface area contributed by atoms with Crippen LogP contribution in [-0.4, -0.2) is 60.5 Å². The largest absolute Gasteiger partial charge is 0.465 e. The molecular formula is C30H39N5O5S. The van der Waals surface area contributed by atoms with Gasteiger partial charge in [-0.1, -0.05) is 53.8 Å². The van der Waals surface area contributed by atoms with E-state index in [1.54, 1.807) is 41.5 Å². The number of anilines is 2. The summed E-state index contributed by atoms with van der Waals surface area (Å²) in [6.07, 6.45) is -2.33. The minimum atomic E-state index is -1.24. The molecule has 0 bridgehead atoms. The van der Waals surface area contributed by atoms with E-state index in [1.165, 1.54) is 18.3 Å². The molecule has 10 nitrogen and oxygen atoms in total. The third kappa shape index (κ3) is 8.20. The predicted molar refractivity (Wildman–Crippen MR) is 162 cm³/mol. The van der Waals surface area contributed by atoms with Gasteiger partial charge in [-0.3, -0.25) is 14.6 Å². The molecule has 0 saturated heterocycles. The monoisotopic (exact) mass is 581 g/mol. The average molecular weight is 582 g/mol. The standard InChI is InChI=1S/C30H39N5O5S/c1-19(36)31-25-33-23(24(41-25)21-11-9-8-10-12-21)18-15-20-13-16-22(17-14-20)32-26(34(27(37)38)29(2,3)4)35(28(39)40)30(5,6)7/h8-14,16-17,26,32H,15,18H2,1-7H3,(H,37,38)(H,39,40)(H,31,33,36). The van der Waals surface area contributed by atoms with Crippen molar-refractivity contribution in [2.75, 3.05) is 10.6 Å². The van der Waals surface area contributed by atoms with Crippen LogP contribution >= 0.6 is 11.3 Å². The lowest BCUT2D eigenvalue weighted by molar-refractivity contribution is -0.114. The normalized spacial score (nSPS) is 11.7. The number of nitrogens with one attached hydrogen (secondary N) is 2. The van der Waals surface area contributed by atoms with Gasteiger partial charge in [-0.05, 0) is 77.6 Å². The van der Waals surface area contributed by atoms with Gasteiger partial charge in [0.15, 0.2) is 11.4 Å². The molecular weight excluding hydrogens is 542 g/mol. The van der Waals surface area contributed by atoms with E-state index in [2.05, 4.69) is 15.6 Å². The summed E-state index contributed by atoms with van der Waals surface area (Å²) >= 11 is 1.44. The second kappa shape index (κ2) is 12.6. The molecule has 0 aliphatic rings. The summed E-state index contributed by atoms with van der Waals surface area (Å²) in [5.74, 6) is -0.174. The highest BCUT2D eigenvalue weighted by Crippen LogP contribution is 2.34. The number of carbonyl (C=O) groups is 3. The van der Waals surface area contributed by atoms with Crippen LogP contribution in [0.2, 0.25) is 0 Å². The molecule has 0 saturated carbocycles. The first-order valence-corrected chi connectivity index (χ1v) is 14.1. The molecule has 220 valence electrons. The lowest BCUT2D eigenvalue weighted by Gasteiger charge is -2.48. The number of benzene rings is 2. The molecule has 0 unspecified atom stereocenters. The molecule has 0 atom stereocenters. The van der Waals surface area contributed by atoms with E-state index in [-0.39, 0.29) is 5.91 Å². The van der Waals surface area contributed by atoms with Crippen molar-refractivity contribution in [2.45, 2.75) is 78.7 Å². The van der Waals surface area contributed by atoms with Crippen molar-refractivity contribution in [1.82, 2.24) is 14.8 Å². The van der Waals surface area contributed by atoms with Crippen LogP contribution in [0.3, 0.4) is 0 Å². The Morgan fingerprint density at radius 2 is 1.39 bits per heavy atom. The summed E-state index contributed by atoms with van der Waals surface area (Å²) in [4.78, 5) is 44.2.